The fourth-order valence-electron chi connectivity index (χ4n) is 1.83. The van der Waals surface area contributed by atoms with E-state index in [2.05, 4.69) is 17.2 Å². The molecule has 21 heavy (non-hydrogen) atoms. The number of carbonyl (C=O) groups excluding carboxylic acids is 1. The van der Waals surface area contributed by atoms with Crippen LogP contribution in [0.4, 0.5) is 5.69 Å². The molecule has 0 saturated carbocycles. The number of hydrogen-bond acceptors (Lipinski definition) is 2. The number of nitrogens with two attached hydrogens (primary N) is 1. The van der Waals surface area contributed by atoms with E-state index in [9.17, 15) is 4.79 Å². The van der Waals surface area contributed by atoms with Crippen LogP contribution in [0.1, 0.15) is 21.5 Å². The maximum absolute atomic E-state index is 12.3. The molecule has 0 atom stereocenters. The van der Waals surface area contributed by atoms with Crippen molar-refractivity contribution >= 4 is 23.2 Å². The highest BCUT2D eigenvalue weighted by Gasteiger charge is 2.09. The van der Waals surface area contributed by atoms with Crippen LogP contribution in [0.25, 0.3) is 0 Å². The first-order chi connectivity index (χ1) is 10.1. The Morgan fingerprint density at radius 3 is 2.76 bits per heavy atom. The number of rotatable bonds is 2. The summed E-state index contributed by atoms with van der Waals surface area (Å²) in [7, 11) is 0. The van der Waals surface area contributed by atoms with Gasteiger partial charge in [0.1, 0.15) is 0 Å². The molecule has 106 valence electrons. The van der Waals surface area contributed by atoms with Crippen molar-refractivity contribution in [3.63, 3.8) is 0 Å². The Morgan fingerprint density at radius 2 is 2.05 bits per heavy atom. The molecule has 0 spiro atoms. The van der Waals surface area contributed by atoms with Gasteiger partial charge in [-0.1, -0.05) is 35.6 Å². The van der Waals surface area contributed by atoms with Crippen LogP contribution in [0.5, 0.6) is 0 Å². The highest BCUT2D eigenvalue weighted by Crippen LogP contribution is 2.19. The highest BCUT2D eigenvalue weighted by molar-refractivity contribution is 6.31. The van der Waals surface area contributed by atoms with Crippen molar-refractivity contribution in [1.29, 1.82) is 0 Å². The van der Waals surface area contributed by atoms with Crippen molar-refractivity contribution in [3.8, 4) is 11.8 Å². The van der Waals surface area contributed by atoms with Crippen molar-refractivity contribution in [2.45, 2.75) is 6.92 Å². The van der Waals surface area contributed by atoms with Gasteiger partial charge in [0.15, 0.2) is 0 Å². The first kappa shape index (κ1) is 15.1. The van der Waals surface area contributed by atoms with E-state index in [0.717, 1.165) is 11.1 Å². The van der Waals surface area contributed by atoms with Crippen LogP contribution in [-0.2, 0) is 0 Å². The minimum Gasteiger partial charge on any atom is -0.321 e. The highest BCUT2D eigenvalue weighted by atomic mass is 35.5. The predicted molar refractivity (Wildman–Crippen MR) is 86.5 cm³/mol. The Kier molecular flexibility index (Phi) is 4.99. The molecule has 0 aromatic heterocycles. The van der Waals surface area contributed by atoms with Crippen LogP contribution in [0.15, 0.2) is 42.5 Å². The van der Waals surface area contributed by atoms with E-state index in [0.29, 0.717) is 16.3 Å². The molecule has 2 aromatic carbocycles. The summed E-state index contributed by atoms with van der Waals surface area (Å²) in [5, 5.41) is 3.50. The Labute approximate surface area is 129 Å². The summed E-state index contributed by atoms with van der Waals surface area (Å²) in [6.45, 7) is 2.14. The summed E-state index contributed by atoms with van der Waals surface area (Å²) in [6, 6.07) is 12.5. The quantitative estimate of drug-likeness (QED) is 0.837. The molecule has 0 fully saturated rings. The summed E-state index contributed by atoms with van der Waals surface area (Å²) in [5.41, 5.74) is 8.19. The first-order valence-electron chi connectivity index (χ1n) is 6.47. The zero-order chi connectivity index (χ0) is 15.2. The number of aryl methyl sites for hydroxylation is 1. The molecule has 0 bridgehead atoms. The largest absolute Gasteiger partial charge is 0.321 e. The molecule has 2 aromatic rings. The van der Waals surface area contributed by atoms with E-state index in [1.54, 1.807) is 24.3 Å². The molecular formula is C17H15ClN2O. The van der Waals surface area contributed by atoms with Crippen molar-refractivity contribution in [3.05, 3.63) is 64.2 Å². The molecule has 3 N–H and O–H groups in total. The van der Waals surface area contributed by atoms with Crippen molar-refractivity contribution in [1.82, 2.24) is 0 Å². The van der Waals surface area contributed by atoms with Gasteiger partial charge in [-0.3, -0.25) is 4.79 Å². The Balaban J connectivity index is 2.25. The number of halogens is 1. The third-order valence-electron chi connectivity index (χ3n) is 2.92. The Bertz CT molecular complexity index is 729. The molecule has 3 nitrogen and oxygen atoms in total. The Morgan fingerprint density at radius 1 is 1.29 bits per heavy atom. The van der Waals surface area contributed by atoms with Gasteiger partial charge >= 0.3 is 0 Å². The standard InChI is InChI=1S/C17H15ClN2O/c1-12-11-14(8-9-15(12)18)17(21)20-16-7-3-2-5-13(16)6-4-10-19/h2-3,5,7-9,11H,10,19H2,1H3,(H,20,21). The van der Waals surface area contributed by atoms with E-state index in [1.165, 1.54) is 0 Å². The summed E-state index contributed by atoms with van der Waals surface area (Å²) in [4.78, 5) is 12.3. The van der Waals surface area contributed by atoms with E-state index in [-0.39, 0.29) is 12.5 Å². The molecule has 4 heteroatoms. The van der Waals surface area contributed by atoms with Gasteiger partial charge in [0.25, 0.3) is 5.91 Å². The first-order valence-corrected chi connectivity index (χ1v) is 6.85. The van der Waals surface area contributed by atoms with Crippen LogP contribution in [0, 0.1) is 18.8 Å². The third-order valence-corrected chi connectivity index (χ3v) is 3.34. The second-order valence-electron chi connectivity index (χ2n) is 4.47. The van der Waals surface area contributed by atoms with Gasteiger partial charge in [0, 0.05) is 16.1 Å². The molecular weight excluding hydrogens is 284 g/mol. The van der Waals surface area contributed by atoms with Crippen LogP contribution in [0.2, 0.25) is 5.02 Å². The maximum Gasteiger partial charge on any atom is 0.255 e. The minimum atomic E-state index is -0.197. The van der Waals surface area contributed by atoms with Crippen molar-refractivity contribution in [2.75, 3.05) is 11.9 Å². The lowest BCUT2D eigenvalue weighted by atomic mass is 10.1. The zero-order valence-electron chi connectivity index (χ0n) is 11.6. The van der Waals surface area contributed by atoms with Crippen LogP contribution in [0.3, 0.4) is 0 Å². The number of para-hydroxylation sites is 1. The topological polar surface area (TPSA) is 55.1 Å². The number of nitrogens with one attached hydrogen (secondary N) is 1. The lowest BCUT2D eigenvalue weighted by molar-refractivity contribution is 0.102. The molecule has 0 saturated heterocycles. The van der Waals surface area contributed by atoms with Gasteiger partial charge in [0.2, 0.25) is 0 Å². The van der Waals surface area contributed by atoms with Crippen molar-refractivity contribution in [2.24, 2.45) is 5.73 Å². The molecule has 0 radical (unpaired) electrons. The average Bonchev–Trinajstić information content (AvgIpc) is 2.49. The monoisotopic (exact) mass is 298 g/mol. The van der Waals surface area contributed by atoms with Crippen LogP contribution >= 0.6 is 11.6 Å². The normalized spacial score (nSPS) is 9.67. The number of hydrogen-bond donors (Lipinski definition) is 2. The lowest BCUT2D eigenvalue weighted by Crippen LogP contribution is -2.13. The van der Waals surface area contributed by atoms with E-state index in [4.69, 9.17) is 17.3 Å². The molecule has 0 aliphatic rings. The van der Waals surface area contributed by atoms with Crippen LogP contribution < -0.4 is 11.1 Å². The molecule has 0 unspecified atom stereocenters. The molecule has 2 rings (SSSR count). The van der Waals surface area contributed by atoms with Crippen molar-refractivity contribution < 1.29 is 4.79 Å². The maximum atomic E-state index is 12.3. The van der Waals surface area contributed by atoms with Gasteiger partial charge in [-0.2, -0.15) is 0 Å². The van der Waals surface area contributed by atoms with Gasteiger partial charge in [-0.25, -0.2) is 0 Å². The van der Waals surface area contributed by atoms with Gasteiger partial charge < -0.3 is 11.1 Å². The molecule has 1 amide bonds. The fourth-order valence-corrected chi connectivity index (χ4v) is 1.95. The summed E-state index contributed by atoms with van der Waals surface area (Å²) >= 11 is 5.97. The van der Waals surface area contributed by atoms with Gasteiger partial charge in [-0.05, 0) is 42.8 Å². The second-order valence-corrected chi connectivity index (χ2v) is 4.88. The fraction of sp³-hybridized carbons (Fsp3) is 0.118. The summed E-state index contributed by atoms with van der Waals surface area (Å²) in [5.74, 6) is 5.53. The number of benzene rings is 2. The predicted octanol–water partition coefficient (Wildman–Crippen LogP) is 3.21. The number of amides is 1. The van der Waals surface area contributed by atoms with E-state index < -0.39 is 0 Å². The zero-order valence-corrected chi connectivity index (χ0v) is 12.4. The van der Waals surface area contributed by atoms with Gasteiger partial charge in [-0.15, -0.1) is 0 Å². The van der Waals surface area contributed by atoms with Crippen LogP contribution in [-0.4, -0.2) is 12.5 Å². The molecule has 0 aliphatic heterocycles. The van der Waals surface area contributed by atoms with E-state index >= 15 is 0 Å². The summed E-state index contributed by atoms with van der Waals surface area (Å²) < 4.78 is 0. The molecule has 0 heterocycles. The SMILES string of the molecule is Cc1cc(C(=O)Nc2ccccc2C#CCN)ccc1Cl. The second kappa shape index (κ2) is 6.94. The minimum absolute atomic E-state index is 0.197. The third kappa shape index (κ3) is 3.85. The van der Waals surface area contributed by atoms with E-state index in [1.807, 2.05) is 25.1 Å². The Hall–Kier alpha value is -2.28. The number of anilines is 1. The molecule has 0 aliphatic carbocycles. The smallest absolute Gasteiger partial charge is 0.255 e. The summed E-state index contributed by atoms with van der Waals surface area (Å²) in [6.07, 6.45) is 0. The average molecular weight is 299 g/mol. The number of carbonyl (C=O) groups is 1. The van der Waals surface area contributed by atoms with Gasteiger partial charge in [0.05, 0.1) is 12.2 Å². The lowest BCUT2D eigenvalue weighted by Gasteiger charge is -2.08.